The summed E-state index contributed by atoms with van der Waals surface area (Å²) in [5.74, 6) is 0.100. The number of nitrogens with one attached hydrogen (secondary N) is 1. The summed E-state index contributed by atoms with van der Waals surface area (Å²) in [5, 5.41) is 3.99. The summed E-state index contributed by atoms with van der Waals surface area (Å²) < 4.78 is 0. The van der Waals surface area contributed by atoms with E-state index in [9.17, 15) is 4.79 Å². The van der Waals surface area contributed by atoms with E-state index in [1.54, 1.807) is 6.20 Å². The smallest absolute Gasteiger partial charge is 0.227 e. The molecular weight excluding hydrogens is 333 g/mol. The van der Waals surface area contributed by atoms with E-state index in [4.69, 9.17) is 11.6 Å². The Kier molecular flexibility index (Phi) is 6.39. The van der Waals surface area contributed by atoms with Crippen LogP contribution in [0.2, 0.25) is 5.02 Å². The summed E-state index contributed by atoms with van der Waals surface area (Å²) in [6.45, 7) is 2.26. The third-order valence-electron chi connectivity index (χ3n) is 3.93. The fraction of sp³-hybridized carbons (Fsp3) is 0.294. The van der Waals surface area contributed by atoms with Gasteiger partial charge in [-0.05, 0) is 23.3 Å². The molecule has 1 amide bonds. The van der Waals surface area contributed by atoms with Gasteiger partial charge in [0.05, 0.1) is 12.5 Å². The van der Waals surface area contributed by atoms with Gasteiger partial charge in [-0.15, -0.1) is 12.4 Å². The number of pyridine rings is 1. The first-order valence-corrected chi connectivity index (χ1v) is 7.77. The Morgan fingerprint density at radius 1 is 1.30 bits per heavy atom. The van der Waals surface area contributed by atoms with Crippen LogP contribution in [0.15, 0.2) is 48.8 Å². The molecule has 1 fully saturated rings. The van der Waals surface area contributed by atoms with Gasteiger partial charge in [0, 0.05) is 37.1 Å². The van der Waals surface area contributed by atoms with Crippen molar-refractivity contribution in [1.82, 2.24) is 15.2 Å². The van der Waals surface area contributed by atoms with Gasteiger partial charge < -0.3 is 10.2 Å². The third-order valence-corrected chi connectivity index (χ3v) is 4.30. The first-order valence-electron chi connectivity index (χ1n) is 7.39. The van der Waals surface area contributed by atoms with Gasteiger partial charge >= 0.3 is 0 Å². The van der Waals surface area contributed by atoms with Crippen molar-refractivity contribution in [3.8, 4) is 0 Å². The minimum absolute atomic E-state index is 0. The molecule has 0 saturated carbocycles. The highest BCUT2D eigenvalue weighted by Crippen LogP contribution is 2.23. The zero-order valence-electron chi connectivity index (χ0n) is 12.6. The second-order valence-corrected chi connectivity index (χ2v) is 5.77. The van der Waals surface area contributed by atoms with Crippen molar-refractivity contribution in [2.75, 3.05) is 19.6 Å². The summed E-state index contributed by atoms with van der Waals surface area (Å²) in [4.78, 5) is 18.8. The van der Waals surface area contributed by atoms with Crippen LogP contribution in [-0.2, 0) is 11.2 Å². The number of nitrogens with zero attached hydrogens (tertiary/aromatic N) is 2. The van der Waals surface area contributed by atoms with Crippen LogP contribution in [-0.4, -0.2) is 35.4 Å². The van der Waals surface area contributed by atoms with Gasteiger partial charge in [0.2, 0.25) is 5.91 Å². The van der Waals surface area contributed by atoms with E-state index in [0.717, 1.165) is 24.2 Å². The van der Waals surface area contributed by atoms with Crippen LogP contribution in [0, 0.1) is 0 Å². The van der Waals surface area contributed by atoms with Crippen LogP contribution in [0.1, 0.15) is 17.2 Å². The number of hydrogen-bond acceptors (Lipinski definition) is 3. The fourth-order valence-electron chi connectivity index (χ4n) is 2.78. The van der Waals surface area contributed by atoms with Crippen LogP contribution in [0.3, 0.4) is 0 Å². The van der Waals surface area contributed by atoms with E-state index in [-0.39, 0.29) is 24.4 Å². The summed E-state index contributed by atoms with van der Waals surface area (Å²) >= 11 is 6.17. The molecule has 2 aromatic rings. The second kappa shape index (κ2) is 8.29. The van der Waals surface area contributed by atoms with Gasteiger partial charge in [-0.1, -0.05) is 35.9 Å². The average Bonchev–Trinajstić information content (AvgIpc) is 2.58. The van der Waals surface area contributed by atoms with Crippen LogP contribution in [0.25, 0.3) is 0 Å². The minimum atomic E-state index is 0. The Labute approximate surface area is 147 Å². The molecule has 0 bridgehead atoms. The van der Waals surface area contributed by atoms with Crippen molar-refractivity contribution in [2.45, 2.75) is 12.5 Å². The lowest BCUT2D eigenvalue weighted by Crippen LogP contribution is -2.49. The number of carbonyl (C=O) groups is 1. The van der Waals surface area contributed by atoms with Crippen molar-refractivity contribution in [3.05, 3.63) is 64.9 Å². The van der Waals surface area contributed by atoms with Crippen molar-refractivity contribution in [2.24, 2.45) is 0 Å². The number of piperazine rings is 1. The zero-order valence-corrected chi connectivity index (χ0v) is 14.2. The second-order valence-electron chi connectivity index (χ2n) is 5.36. The number of aromatic nitrogens is 1. The van der Waals surface area contributed by atoms with Crippen molar-refractivity contribution in [1.29, 1.82) is 0 Å². The number of benzene rings is 1. The molecule has 1 aromatic heterocycles. The molecule has 0 spiro atoms. The molecule has 0 radical (unpaired) electrons. The fourth-order valence-corrected chi connectivity index (χ4v) is 2.98. The lowest BCUT2D eigenvalue weighted by Gasteiger charge is -2.36. The lowest BCUT2D eigenvalue weighted by molar-refractivity contribution is -0.133. The largest absolute Gasteiger partial charge is 0.333 e. The first-order chi connectivity index (χ1) is 10.8. The van der Waals surface area contributed by atoms with Crippen LogP contribution in [0.5, 0.6) is 0 Å². The lowest BCUT2D eigenvalue weighted by atomic mass is 10.0. The van der Waals surface area contributed by atoms with E-state index in [2.05, 4.69) is 10.3 Å². The van der Waals surface area contributed by atoms with Gasteiger partial charge in [-0.2, -0.15) is 0 Å². The Morgan fingerprint density at radius 3 is 2.87 bits per heavy atom. The monoisotopic (exact) mass is 351 g/mol. The quantitative estimate of drug-likeness (QED) is 0.924. The molecule has 1 aliphatic heterocycles. The van der Waals surface area contributed by atoms with E-state index < -0.39 is 0 Å². The van der Waals surface area contributed by atoms with Crippen LogP contribution in [0.4, 0.5) is 0 Å². The van der Waals surface area contributed by atoms with Crippen molar-refractivity contribution >= 4 is 29.9 Å². The maximum absolute atomic E-state index is 12.7. The van der Waals surface area contributed by atoms with Crippen LogP contribution < -0.4 is 5.32 Å². The van der Waals surface area contributed by atoms with Crippen LogP contribution >= 0.6 is 24.0 Å². The van der Waals surface area contributed by atoms with E-state index in [0.29, 0.717) is 18.0 Å². The third kappa shape index (κ3) is 4.22. The molecule has 3 rings (SSSR count). The zero-order chi connectivity index (χ0) is 15.4. The molecular formula is C17H19Cl2N3O. The summed E-state index contributed by atoms with van der Waals surface area (Å²) in [5.41, 5.74) is 1.93. The maximum atomic E-state index is 12.7. The van der Waals surface area contributed by atoms with E-state index in [1.807, 2.05) is 47.5 Å². The number of halogens is 2. The highest BCUT2D eigenvalue weighted by Gasteiger charge is 2.28. The molecule has 1 atom stereocenters. The molecule has 23 heavy (non-hydrogen) atoms. The highest BCUT2D eigenvalue weighted by atomic mass is 35.5. The van der Waals surface area contributed by atoms with Crippen molar-refractivity contribution < 1.29 is 4.79 Å². The molecule has 1 aromatic carbocycles. The van der Waals surface area contributed by atoms with E-state index in [1.165, 1.54) is 0 Å². The predicted molar refractivity (Wildman–Crippen MR) is 94.0 cm³/mol. The van der Waals surface area contributed by atoms with Gasteiger partial charge in [0.1, 0.15) is 0 Å². The Bertz CT molecular complexity index is 651. The van der Waals surface area contributed by atoms with Gasteiger partial charge in [-0.3, -0.25) is 9.78 Å². The normalized spacial score (nSPS) is 17.4. The average molecular weight is 352 g/mol. The summed E-state index contributed by atoms with van der Waals surface area (Å²) in [6, 6.07) is 11.4. The topological polar surface area (TPSA) is 45.2 Å². The standard InChI is InChI=1S/C17H18ClN3O.ClH/c18-15-6-2-1-4-13(15)10-17(22)21-9-8-20-12-16(21)14-5-3-7-19-11-14;/h1-7,11,16,20H,8-10,12H2;1H. The highest BCUT2D eigenvalue weighted by molar-refractivity contribution is 6.31. The molecule has 122 valence electrons. The SMILES string of the molecule is Cl.O=C(Cc1ccccc1Cl)N1CCNCC1c1cccnc1. The molecule has 1 N–H and O–H groups in total. The molecule has 4 nitrogen and oxygen atoms in total. The maximum Gasteiger partial charge on any atom is 0.227 e. The van der Waals surface area contributed by atoms with Gasteiger partial charge in [-0.25, -0.2) is 0 Å². The Morgan fingerprint density at radius 2 is 2.13 bits per heavy atom. The first kappa shape index (κ1) is 17.7. The van der Waals surface area contributed by atoms with Gasteiger partial charge in [0.25, 0.3) is 0 Å². The molecule has 1 saturated heterocycles. The number of amides is 1. The number of carbonyl (C=O) groups excluding carboxylic acids is 1. The molecule has 1 aliphatic rings. The Hall–Kier alpha value is -1.62. The van der Waals surface area contributed by atoms with E-state index >= 15 is 0 Å². The van der Waals surface area contributed by atoms with Crippen molar-refractivity contribution in [3.63, 3.8) is 0 Å². The minimum Gasteiger partial charge on any atom is -0.333 e. The summed E-state index contributed by atoms with van der Waals surface area (Å²) in [6.07, 6.45) is 3.90. The predicted octanol–water partition coefficient (Wildman–Crippen LogP) is 2.87. The molecule has 1 unspecified atom stereocenters. The Balaban J connectivity index is 0.00000192. The number of hydrogen-bond donors (Lipinski definition) is 1. The number of rotatable bonds is 3. The molecule has 6 heteroatoms. The molecule has 0 aliphatic carbocycles. The summed E-state index contributed by atoms with van der Waals surface area (Å²) in [7, 11) is 0. The molecule has 2 heterocycles. The van der Waals surface area contributed by atoms with Gasteiger partial charge in [0.15, 0.2) is 0 Å².